The van der Waals surface area contributed by atoms with Gasteiger partial charge >= 0.3 is 5.97 Å². The maximum absolute atomic E-state index is 12.9. The van der Waals surface area contributed by atoms with E-state index in [0.717, 1.165) is 26.6 Å². The number of methoxy groups -OCH3 is 1. The quantitative estimate of drug-likeness (QED) is 0.472. The van der Waals surface area contributed by atoms with Crippen LogP contribution in [0.15, 0.2) is 54.7 Å². The van der Waals surface area contributed by atoms with Gasteiger partial charge in [0.15, 0.2) is 0 Å². The normalized spacial score (nSPS) is 12.2. The highest BCUT2D eigenvalue weighted by atomic mass is 35.5. The van der Waals surface area contributed by atoms with Crippen molar-refractivity contribution in [2.75, 3.05) is 7.11 Å². The Morgan fingerprint density at radius 3 is 2.61 bits per heavy atom. The Hall–Kier alpha value is -2.83. The number of para-hydroxylation sites is 1. The topological polar surface area (TPSA) is 71.2 Å². The van der Waals surface area contributed by atoms with E-state index >= 15 is 0 Å². The Kier molecular flexibility index (Phi) is 5.07. The molecular formula is C21H17ClN2O3S. The van der Waals surface area contributed by atoms with Gasteiger partial charge in [0.25, 0.3) is 5.91 Å². The number of carbonyl (C=O) groups excluding carboxylic acids is 2. The first-order valence-electron chi connectivity index (χ1n) is 8.69. The van der Waals surface area contributed by atoms with Crippen LogP contribution < -0.4 is 5.32 Å². The van der Waals surface area contributed by atoms with Gasteiger partial charge in [-0.15, -0.1) is 11.3 Å². The molecule has 1 amide bonds. The summed E-state index contributed by atoms with van der Waals surface area (Å²) < 4.78 is 5.83. The van der Waals surface area contributed by atoms with Gasteiger partial charge in [-0.25, -0.2) is 4.79 Å². The Bertz CT molecular complexity index is 1180. The lowest BCUT2D eigenvalue weighted by atomic mass is 10.0. The number of fused-ring (bicyclic) bond motifs is 2. The van der Waals surface area contributed by atoms with Crippen LogP contribution >= 0.6 is 22.9 Å². The summed E-state index contributed by atoms with van der Waals surface area (Å²) in [5, 5.41) is 5.01. The van der Waals surface area contributed by atoms with Crippen LogP contribution in [-0.2, 0) is 16.0 Å². The van der Waals surface area contributed by atoms with Gasteiger partial charge in [-0.1, -0.05) is 48.0 Å². The zero-order chi connectivity index (χ0) is 19.7. The number of ether oxygens (including phenoxy) is 1. The van der Waals surface area contributed by atoms with Crippen LogP contribution in [0.3, 0.4) is 0 Å². The number of aromatic nitrogens is 1. The summed E-state index contributed by atoms with van der Waals surface area (Å²) >= 11 is 7.70. The minimum absolute atomic E-state index is 0.310. The van der Waals surface area contributed by atoms with E-state index in [4.69, 9.17) is 16.3 Å². The van der Waals surface area contributed by atoms with Crippen LogP contribution in [0, 0.1) is 0 Å². The summed E-state index contributed by atoms with van der Waals surface area (Å²) in [5.74, 6) is -0.891. The summed E-state index contributed by atoms with van der Waals surface area (Å²) in [6.07, 6.45) is 2.16. The number of H-pyrrole nitrogens is 1. The molecule has 7 heteroatoms. The molecule has 2 aromatic carbocycles. The molecule has 2 aromatic heterocycles. The Balaban J connectivity index is 1.62. The van der Waals surface area contributed by atoms with Crippen molar-refractivity contribution in [2.24, 2.45) is 0 Å². The highest BCUT2D eigenvalue weighted by molar-refractivity contribution is 7.21. The number of esters is 1. The average Bonchev–Trinajstić information content (AvgIpc) is 3.28. The molecule has 0 aliphatic rings. The summed E-state index contributed by atoms with van der Waals surface area (Å²) in [6.45, 7) is 0. The van der Waals surface area contributed by atoms with Crippen molar-refractivity contribution in [1.82, 2.24) is 10.3 Å². The van der Waals surface area contributed by atoms with Gasteiger partial charge in [0.1, 0.15) is 10.9 Å². The molecule has 0 spiro atoms. The number of thiophene rings is 1. The predicted octanol–water partition coefficient (Wildman–Crippen LogP) is 4.55. The van der Waals surface area contributed by atoms with E-state index in [1.807, 2.05) is 54.7 Å². The fourth-order valence-corrected chi connectivity index (χ4v) is 4.66. The molecule has 0 bridgehead atoms. The second kappa shape index (κ2) is 7.66. The van der Waals surface area contributed by atoms with Gasteiger partial charge in [-0.3, -0.25) is 4.79 Å². The number of benzene rings is 2. The number of nitrogens with one attached hydrogen (secondary N) is 2. The minimum Gasteiger partial charge on any atom is -0.467 e. The first kappa shape index (κ1) is 18.5. The minimum atomic E-state index is -0.821. The van der Waals surface area contributed by atoms with Gasteiger partial charge in [0.2, 0.25) is 0 Å². The predicted molar refractivity (Wildman–Crippen MR) is 112 cm³/mol. The van der Waals surface area contributed by atoms with E-state index in [9.17, 15) is 9.59 Å². The zero-order valence-electron chi connectivity index (χ0n) is 15.0. The van der Waals surface area contributed by atoms with Crippen LogP contribution in [0.25, 0.3) is 21.0 Å². The number of rotatable bonds is 5. The largest absolute Gasteiger partial charge is 0.467 e. The van der Waals surface area contributed by atoms with Crippen molar-refractivity contribution in [3.05, 3.63) is 70.2 Å². The molecule has 5 nitrogen and oxygen atoms in total. The van der Waals surface area contributed by atoms with Gasteiger partial charge in [0, 0.05) is 33.6 Å². The SMILES string of the molecule is COC(=O)C(Cc1c[nH]c2ccccc12)NC(=O)c1sc2ccccc2c1Cl. The molecule has 28 heavy (non-hydrogen) atoms. The fourth-order valence-electron chi connectivity index (χ4n) is 3.24. The van der Waals surface area contributed by atoms with Crippen LogP contribution in [0.4, 0.5) is 0 Å². The first-order chi connectivity index (χ1) is 13.6. The number of hydrogen-bond acceptors (Lipinski definition) is 4. The first-order valence-corrected chi connectivity index (χ1v) is 9.88. The van der Waals surface area contributed by atoms with E-state index in [-0.39, 0.29) is 5.91 Å². The number of aromatic amines is 1. The van der Waals surface area contributed by atoms with Gasteiger partial charge in [-0.05, 0) is 17.7 Å². The van der Waals surface area contributed by atoms with Crippen molar-refractivity contribution >= 4 is 55.8 Å². The van der Waals surface area contributed by atoms with Crippen LogP contribution in [0.5, 0.6) is 0 Å². The third-order valence-corrected chi connectivity index (χ3v) is 6.31. The maximum atomic E-state index is 12.9. The summed E-state index contributed by atoms with van der Waals surface area (Å²) in [6, 6.07) is 14.5. The lowest BCUT2D eigenvalue weighted by Crippen LogP contribution is -2.42. The molecule has 1 unspecified atom stereocenters. The van der Waals surface area contributed by atoms with Crippen molar-refractivity contribution in [2.45, 2.75) is 12.5 Å². The smallest absolute Gasteiger partial charge is 0.328 e. The molecule has 0 aliphatic heterocycles. The average molecular weight is 413 g/mol. The van der Waals surface area contributed by atoms with Crippen LogP contribution in [0.2, 0.25) is 5.02 Å². The number of hydrogen-bond donors (Lipinski definition) is 2. The second-order valence-corrected chi connectivity index (χ2v) is 7.78. The Morgan fingerprint density at radius 2 is 1.86 bits per heavy atom. The van der Waals surface area contributed by atoms with E-state index < -0.39 is 12.0 Å². The van der Waals surface area contributed by atoms with E-state index in [0.29, 0.717) is 16.3 Å². The van der Waals surface area contributed by atoms with Gasteiger partial charge < -0.3 is 15.0 Å². The molecule has 0 saturated carbocycles. The van der Waals surface area contributed by atoms with Gasteiger partial charge in [0.05, 0.1) is 12.1 Å². The van der Waals surface area contributed by atoms with Crippen LogP contribution in [0.1, 0.15) is 15.2 Å². The summed E-state index contributed by atoms with van der Waals surface area (Å²) in [7, 11) is 1.31. The Morgan fingerprint density at radius 1 is 1.14 bits per heavy atom. The molecule has 2 heterocycles. The highest BCUT2D eigenvalue weighted by Gasteiger charge is 2.26. The van der Waals surface area contributed by atoms with Gasteiger partial charge in [-0.2, -0.15) is 0 Å². The molecule has 0 radical (unpaired) electrons. The molecule has 4 rings (SSSR count). The lowest BCUT2D eigenvalue weighted by Gasteiger charge is -2.16. The van der Waals surface area contributed by atoms with Crippen molar-refractivity contribution in [1.29, 1.82) is 0 Å². The lowest BCUT2D eigenvalue weighted by molar-refractivity contribution is -0.142. The van der Waals surface area contributed by atoms with Crippen molar-refractivity contribution in [3.63, 3.8) is 0 Å². The second-order valence-electron chi connectivity index (χ2n) is 6.35. The molecule has 0 saturated heterocycles. The van der Waals surface area contributed by atoms with Crippen molar-refractivity contribution < 1.29 is 14.3 Å². The summed E-state index contributed by atoms with van der Waals surface area (Å²) in [4.78, 5) is 28.7. The standard InChI is InChI=1S/C21H17ClN2O3S/c1-27-21(26)16(10-12-11-23-15-8-4-2-6-13(12)15)24-20(25)19-18(22)14-7-3-5-9-17(14)28-19/h2-9,11,16,23H,10H2,1H3,(H,24,25). The molecule has 0 aliphatic carbocycles. The molecule has 142 valence electrons. The zero-order valence-corrected chi connectivity index (χ0v) is 16.6. The van der Waals surface area contributed by atoms with E-state index in [2.05, 4.69) is 10.3 Å². The maximum Gasteiger partial charge on any atom is 0.328 e. The molecule has 2 N–H and O–H groups in total. The fraction of sp³-hybridized carbons (Fsp3) is 0.143. The Labute approximate surface area is 170 Å². The molecule has 0 fully saturated rings. The third kappa shape index (κ3) is 3.37. The molecule has 1 atom stereocenters. The molecular weight excluding hydrogens is 396 g/mol. The summed E-state index contributed by atoms with van der Waals surface area (Å²) in [5.41, 5.74) is 1.90. The van der Waals surface area contributed by atoms with Crippen molar-refractivity contribution in [3.8, 4) is 0 Å². The number of halogens is 1. The van der Waals surface area contributed by atoms with Crippen LogP contribution in [-0.4, -0.2) is 30.0 Å². The number of amides is 1. The monoisotopic (exact) mass is 412 g/mol. The van der Waals surface area contributed by atoms with E-state index in [1.54, 1.807) is 0 Å². The van der Waals surface area contributed by atoms with E-state index in [1.165, 1.54) is 18.4 Å². The third-order valence-electron chi connectivity index (χ3n) is 4.63. The highest BCUT2D eigenvalue weighted by Crippen LogP contribution is 2.35. The molecule has 4 aromatic rings. The number of carbonyl (C=O) groups is 2.